The molecule has 0 saturated heterocycles. The van der Waals surface area contributed by atoms with Crippen LogP contribution < -0.4 is 4.74 Å². The van der Waals surface area contributed by atoms with Gasteiger partial charge in [-0.25, -0.2) is 4.79 Å². The average Bonchev–Trinajstić information content (AvgIpc) is 2.47. The van der Waals surface area contributed by atoms with Crippen LogP contribution in [0.5, 0.6) is 5.75 Å². The van der Waals surface area contributed by atoms with Crippen LogP contribution >= 0.6 is 15.9 Å². The van der Waals surface area contributed by atoms with Crippen LogP contribution in [-0.2, 0) is 11.2 Å². The van der Waals surface area contributed by atoms with Gasteiger partial charge < -0.3 is 9.47 Å². The Morgan fingerprint density at radius 3 is 2.45 bits per heavy atom. The van der Waals surface area contributed by atoms with Crippen molar-refractivity contribution in [3.63, 3.8) is 0 Å². The van der Waals surface area contributed by atoms with E-state index in [0.29, 0.717) is 17.7 Å². The summed E-state index contributed by atoms with van der Waals surface area (Å²) in [5.74, 6) is 0.154. The van der Waals surface area contributed by atoms with Crippen LogP contribution in [0, 0.1) is 0 Å². The maximum Gasteiger partial charge on any atom is 0.341 e. The second-order valence-corrected chi connectivity index (χ2v) is 5.22. The van der Waals surface area contributed by atoms with Crippen LogP contribution in [0.4, 0.5) is 0 Å². The van der Waals surface area contributed by atoms with E-state index in [1.165, 1.54) is 7.11 Å². The van der Waals surface area contributed by atoms with Gasteiger partial charge in [0.1, 0.15) is 11.3 Å². The number of rotatable bonds is 4. The largest absolute Gasteiger partial charge is 0.496 e. The smallest absolute Gasteiger partial charge is 0.341 e. The van der Waals surface area contributed by atoms with Crippen molar-refractivity contribution in [2.75, 3.05) is 14.2 Å². The molecule has 2 aromatic rings. The quantitative estimate of drug-likeness (QED) is 0.797. The Morgan fingerprint density at radius 1 is 1.15 bits per heavy atom. The monoisotopic (exact) mass is 334 g/mol. The molecule has 0 amide bonds. The van der Waals surface area contributed by atoms with Gasteiger partial charge in [0.15, 0.2) is 0 Å². The minimum absolute atomic E-state index is 0.405. The Balaban J connectivity index is 2.46. The van der Waals surface area contributed by atoms with E-state index in [4.69, 9.17) is 9.47 Å². The zero-order valence-corrected chi connectivity index (χ0v) is 12.9. The Kier molecular flexibility index (Phi) is 4.79. The predicted octanol–water partition coefficient (Wildman–Crippen LogP) is 3.84. The van der Waals surface area contributed by atoms with Gasteiger partial charge in [-0.1, -0.05) is 46.3 Å². The number of hydrogen-bond donors (Lipinski definition) is 0. The molecule has 20 heavy (non-hydrogen) atoms. The third-order valence-electron chi connectivity index (χ3n) is 2.98. The zero-order chi connectivity index (χ0) is 14.5. The molecule has 0 aliphatic rings. The molecule has 0 unspecified atom stereocenters. The second-order valence-electron chi connectivity index (χ2n) is 4.30. The highest BCUT2D eigenvalue weighted by molar-refractivity contribution is 9.10. The number of hydrogen-bond acceptors (Lipinski definition) is 3. The van der Waals surface area contributed by atoms with E-state index in [1.807, 2.05) is 36.4 Å². The van der Waals surface area contributed by atoms with E-state index in [2.05, 4.69) is 15.9 Å². The van der Waals surface area contributed by atoms with Gasteiger partial charge in [-0.2, -0.15) is 0 Å². The fraction of sp³-hybridized carbons (Fsp3) is 0.188. The van der Waals surface area contributed by atoms with E-state index in [9.17, 15) is 4.79 Å². The third-order valence-corrected chi connectivity index (χ3v) is 3.44. The lowest BCUT2D eigenvalue weighted by Gasteiger charge is -2.13. The topological polar surface area (TPSA) is 35.5 Å². The first-order chi connectivity index (χ1) is 9.65. The van der Waals surface area contributed by atoms with Crippen molar-refractivity contribution in [3.8, 4) is 5.75 Å². The number of benzene rings is 2. The molecule has 0 bridgehead atoms. The molecule has 0 radical (unpaired) electrons. The van der Waals surface area contributed by atoms with E-state index in [0.717, 1.165) is 15.6 Å². The highest BCUT2D eigenvalue weighted by Gasteiger charge is 2.18. The summed E-state index contributed by atoms with van der Waals surface area (Å²) < 4.78 is 11.0. The minimum atomic E-state index is -0.405. The van der Waals surface area contributed by atoms with Gasteiger partial charge in [-0.05, 0) is 17.7 Å². The lowest BCUT2D eigenvalue weighted by atomic mass is 10.0. The first-order valence-corrected chi connectivity index (χ1v) is 6.93. The van der Waals surface area contributed by atoms with E-state index >= 15 is 0 Å². The molecule has 104 valence electrons. The molecular formula is C16H15BrO3. The highest BCUT2D eigenvalue weighted by Crippen LogP contribution is 2.30. The Labute approximate surface area is 126 Å². The molecule has 0 heterocycles. The van der Waals surface area contributed by atoms with E-state index in [1.54, 1.807) is 13.2 Å². The highest BCUT2D eigenvalue weighted by atomic mass is 79.9. The molecule has 0 atom stereocenters. The number of esters is 1. The van der Waals surface area contributed by atoms with Crippen LogP contribution in [0.1, 0.15) is 21.5 Å². The summed E-state index contributed by atoms with van der Waals surface area (Å²) in [5.41, 5.74) is 2.52. The minimum Gasteiger partial charge on any atom is -0.496 e. The fourth-order valence-electron chi connectivity index (χ4n) is 2.10. The van der Waals surface area contributed by atoms with Gasteiger partial charge in [0.25, 0.3) is 0 Å². The van der Waals surface area contributed by atoms with Crippen molar-refractivity contribution < 1.29 is 14.3 Å². The Morgan fingerprint density at radius 2 is 1.85 bits per heavy atom. The molecule has 0 N–H and O–H groups in total. The Hall–Kier alpha value is -1.81. The van der Waals surface area contributed by atoms with Crippen molar-refractivity contribution in [2.24, 2.45) is 0 Å². The van der Waals surface area contributed by atoms with Gasteiger partial charge in [-0.3, -0.25) is 0 Å². The molecule has 3 nitrogen and oxygen atoms in total. The molecule has 0 aliphatic heterocycles. The van der Waals surface area contributed by atoms with Crippen LogP contribution in [0.3, 0.4) is 0 Å². The standard InChI is InChI=1S/C16H15BrO3/c1-19-15-12(8-11-6-4-3-5-7-11)9-13(17)10-14(15)16(18)20-2/h3-7,9-10H,8H2,1-2H3. The SMILES string of the molecule is COC(=O)c1cc(Br)cc(Cc2ccccc2)c1OC. The summed E-state index contributed by atoms with van der Waals surface area (Å²) in [5, 5.41) is 0. The summed E-state index contributed by atoms with van der Waals surface area (Å²) in [4.78, 5) is 11.8. The number of ether oxygens (including phenoxy) is 2. The van der Waals surface area contributed by atoms with Gasteiger partial charge in [0.05, 0.1) is 14.2 Å². The molecule has 0 spiro atoms. The number of carbonyl (C=O) groups is 1. The molecule has 0 saturated carbocycles. The number of methoxy groups -OCH3 is 2. The number of carbonyl (C=O) groups excluding carboxylic acids is 1. The van der Waals surface area contributed by atoms with Gasteiger partial charge in [-0.15, -0.1) is 0 Å². The lowest BCUT2D eigenvalue weighted by molar-refractivity contribution is 0.0597. The summed E-state index contributed by atoms with van der Waals surface area (Å²) in [6, 6.07) is 13.7. The van der Waals surface area contributed by atoms with Crippen LogP contribution in [0.25, 0.3) is 0 Å². The van der Waals surface area contributed by atoms with Crippen molar-refractivity contribution in [1.29, 1.82) is 0 Å². The third kappa shape index (κ3) is 3.20. The normalized spacial score (nSPS) is 10.2. The summed E-state index contributed by atoms with van der Waals surface area (Å²) in [6.45, 7) is 0. The van der Waals surface area contributed by atoms with Crippen LogP contribution in [0.15, 0.2) is 46.9 Å². The fourth-order valence-corrected chi connectivity index (χ4v) is 2.61. The summed E-state index contributed by atoms with van der Waals surface area (Å²) in [6.07, 6.45) is 0.688. The maximum absolute atomic E-state index is 11.8. The van der Waals surface area contributed by atoms with Gasteiger partial charge in [0.2, 0.25) is 0 Å². The average molecular weight is 335 g/mol. The molecule has 4 heteroatoms. The van der Waals surface area contributed by atoms with E-state index < -0.39 is 5.97 Å². The maximum atomic E-state index is 11.8. The van der Waals surface area contributed by atoms with Crippen LogP contribution in [0.2, 0.25) is 0 Å². The molecule has 0 aromatic heterocycles. The van der Waals surface area contributed by atoms with Crippen LogP contribution in [-0.4, -0.2) is 20.2 Å². The first-order valence-electron chi connectivity index (χ1n) is 6.14. The summed E-state index contributed by atoms with van der Waals surface area (Å²) in [7, 11) is 2.92. The van der Waals surface area contributed by atoms with Crippen molar-refractivity contribution in [3.05, 3.63) is 63.6 Å². The summed E-state index contributed by atoms with van der Waals surface area (Å²) >= 11 is 3.42. The predicted molar refractivity (Wildman–Crippen MR) is 81.3 cm³/mol. The lowest BCUT2D eigenvalue weighted by Crippen LogP contribution is -2.07. The van der Waals surface area contributed by atoms with Crippen molar-refractivity contribution in [1.82, 2.24) is 0 Å². The van der Waals surface area contributed by atoms with Crippen molar-refractivity contribution >= 4 is 21.9 Å². The molecule has 0 fully saturated rings. The molecule has 2 rings (SSSR count). The van der Waals surface area contributed by atoms with E-state index in [-0.39, 0.29) is 0 Å². The second kappa shape index (κ2) is 6.57. The number of halogens is 1. The molecule has 2 aromatic carbocycles. The van der Waals surface area contributed by atoms with Gasteiger partial charge in [0, 0.05) is 16.5 Å². The first kappa shape index (κ1) is 14.6. The van der Waals surface area contributed by atoms with Crippen molar-refractivity contribution in [2.45, 2.75) is 6.42 Å². The molecular weight excluding hydrogens is 320 g/mol. The molecule has 0 aliphatic carbocycles. The Bertz CT molecular complexity index is 609. The zero-order valence-electron chi connectivity index (χ0n) is 11.4. The van der Waals surface area contributed by atoms with Gasteiger partial charge >= 0.3 is 5.97 Å².